The van der Waals surface area contributed by atoms with E-state index in [1.807, 2.05) is 0 Å². The largest absolute Gasteiger partial charge is 0.339 e. The molecule has 1 unspecified atom stereocenters. The molecule has 3 heteroatoms. The Labute approximate surface area is 103 Å². The van der Waals surface area contributed by atoms with Crippen LogP contribution < -0.4 is 0 Å². The lowest BCUT2D eigenvalue weighted by molar-refractivity contribution is -0.134. The topological polar surface area (TPSA) is 20.3 Å². The van der Waals surface area contributed by atoms with E-state index in [1.165, 1.54) is 32.1 Å². The van der Waals surface area contributed by atoms with Crippen molar-refractivity contribution in [3.63, 3.8) is 0 Å². The maximum absolute atomic E-state index is 12.2. The Balaban J connectivity index is 1.89. The molecular weight excluding hydrogens is 222 g/mol. The summed E-state index contributed by atoms with van der Waals surface area (Å²) in [6.45, 7) is 0.933. The molecular formula is C13H22ClNO. The molecule has 0 spiro atoms. The number of halogens is 1. The lowest BCUT2D eigenvalue weighted by Gasteiger charge is -2.32. The van der Waals surface area contributed by atoms with Crippen molar-refractivity contribution in [3.8, 4) is 0 Å². The molecule has 16 heavy (non-hydrogen) atoms. The number of rotatable bonds is 3. The van der Waals surface area contributed by atoms with Gasteiger partial charge in [-0.15, -0.1) is 11.6 Å². The average Bonchev–Trinajstić information content (AvgIpc) is 2.47. The van der Waals surface area contributed by atoms with E-state index in [4.69, 9.17) is 11.6 Å². The van der Waals surface area contributed by atoms with Crippen LogP contribution in [0.4, 0.5) is 0 Å². The molecule has 1 aliphatic heterocycles. The molecule has 0 N–H and O–H groups in total. The van der Waals surface area contributed by atoms with E-state index in [-0.39, 0.29) is 0 Å². The molecule has 2 aliphatic rings. The van der Waals surface area contributed by atoms with Crippen molar-refractivity contribution in [1.29, 1.82) is 0 Å². The van der Waals surface area contributed by atoms with E-state index in [0.717, 1.165) is 25.8 Å². The number of hydrogen-bond acceptors (Lipinski definition) is 1. The lowest BCUT2D eigenvalue weighted by Crippen LogP contribution is -2.42. The van der Waals surface area contributed by atoms with Crippen LogP contribution in [0.1, 0.15) is 51.4 Å². The van der Waals surface area contributed by atoms with Crippen LogP contribution >= 0.6 is 11.6 Å². The zero-order valence-electron chi connectivity index (χ0n) is 9.96. The Hall–Kier alpha value is -0.240. The van der Waals surface area contributed by atoms with Crippen LogP contribution in [0.2, 0.25) is 0 Å². The smallest absolute Gasteiger partial charge is 0.223 e. The first kappa shape index (κ1) is 12.2. The molecule has 2 fully saturated rings. The van der Waals surface area contributed by atoms with Crippen LogP contribution in [0.3, 0.4) is 0 Å². The Morgan fingerprint density at radius 1 is 1.12 bits per heavy atom. The summed E-state index contributed by atoms with van der Waals surface area (Å²) in [6, 6.07) is 0.303. The lowest BCUT2D eigenvalue weighted by atomic mass is 9.82. The highest BCUT2D eigenvalue weighted by Crippen LogP contribution is 2.31. The summed E-state index contributed by atoms with van der Waals surface area (Å²) in [5, 5.41) is 0. The monoisotopic (exact) mass is 243 g/mol. The van der Waals surface area contributed by atoms with Crippen molar-refractivity contribution in [2.24, 2.45) is 5.92 Å². The molecule has 2 rings (SSSR count). The number of alkyl halides is 1. The highest BCUT2D eigenvalue weighted by Gasteiger charge is 2.28. The minimum atomic E-state index is 0.303. The number of carbonyl (C=O) groups excluding carboxylic acids is 1. The first-order valence-electron chi connectivity index (χ1n) is 6.66. The van der Waals surface area contributed by atoms with Crippen LogP contribution in [0.25, 0.3) is 0 Å². The van der Waals surface area contributed by atoms with Gasteiger partial charge >= 0.3 is 0 Å². The number of likely N-dealkylation sites (tertiary alicyclic amines) is 1. The van der Waals surface area contributed by atoms with Gasteiger partial charge in [0.2, 0.25) is 5.91 Å². The van der Waals surface area contributed by atoms with Gasteiger partial charge in [-0.1, -0.05) is 19.3 Å². The predicted molar refractivity (Wildman–Crippen MR) is 66.6 cm³/mol. The van der Waals surface area contributed by atoms with Crippen LogP contribution in [-0.4, -0.2) is 29.3 Å². The minimum absolute atomic E-state index is 0.303. The number of amides is 1. The quantitative estimate of drug-likeness (QED) is 0.698. The van der Waals surface area contributed by atoms with Crippen LogP contribution in [0.15, 0.2) is 0 Å². The SMILES string of the molecule is O=C(CC1CCC1)N1CCCCCC1CCl. The van der Waals surface area contributed by atoms with Crippen molar-refractivity contribution in [3.05, 3.63) is 0 Å². The third-order valence-electron chi connectivity index (χ3n) is 4.06. The van der Waals surface area contributed by atoms with Gasteiger partial charge in [-0.25, -0.2) is 0 Å². The summed E-state index contributed by atoms with van der Waals surface area (Å²) in [5.41, 5.74) is 0. The fourth-order valence-corrected chi connectivity index (χ4v) is 3.05. The molecule has 1 saturated heterocycles. The Morgan fingerprint density at radius 3 is 2.56 bits per heavy atom. The normalized spacial score (nSPS) is 27.3. The summed E-state index contributed by atoms with van der Waals surface area (Å²) in [6.07, 6.45) is 9.33. The van der Waals surface area contributed by atoms with E-state index < -0.39 is 0 Å². The third kappa shape index (κ3) is 2.91. The number of carbonyl (C=O) groups is 1. The summed E-state index contributed by atoms with van der Waals surface area (Å²) < 4.78 is 0. The molecule has 1 saturated carbocycles. The van der Waals surface area contributed by atoms with Crippen molar-refractivity contribution in [2.45, 2.75) is 57.4 Å². The van der Waals surface area contributed by atoms with Gasteiger partial charge in [-0.3, -0.25) is 4.79 Å². The molecule has 1 amide bonds. The molecule has 0 aromatic carbocycles. The second-order valence-electron chi connectivity index (χ2n) is 5.25. The summed E-state index contributed by atoms with van der Waals surface area (Å²) in [5.74, 6) is 1.64. The standard InChI is InChI=1S/C13H22ClNO/c14-10-12-7-2-1-3-8-15(12)13(16)9-11-5-4-6-11/h11-12H,1-10H2. The molecule has 0 aromatic heterocycles. The fraction of sp³-hybridized carbons (Fsp3) is 0.923. The van der Waals surface area contributed by atoms with Gasteiger partial charge in [0.15, 0.2) is 0 Å². The summed E-state index contributed by atoms with van der Waals surface area (Å²) in [4.78, 5) is 14.3. The molecule has 0 aromatic rings. The Morgan fingerprint density at radius 2 is 1.94 bits per heavy atom. The summed E-state index contributed by atoms with van der Waals surface area (Å²) >= 11 is 5.98. The molecule has 2 nitrogen and oxygen atoms in total. The fourth-order valence-electron chi connectivity index (χ4n) is 2.73. The van der Waals surface area contributed by atoms with Crippen LogP contribution in [-0.2, 0) is 4.79 Å². The van der Waals surface area contributed by atoms with E-state index in [2.05, 4.69) is 4.90 Å². The molecule has 0 bridgehead atoms. The highest BCUT2D eigenvalue weighted by molar-refractivity contribution is 6.18. The van der Waals surface area contributed by atoms with Crippen LogP contribution in [0.5, 0.6) is 0 Å². The van der Waals surface area contributed by atoms with E-state index >= 15 is 0 Å². The highest BCUT2D eigenvalue weighted by atomic mass is 35.5. The molecule has 92 valence electrons. The van der Waals surface area contributed by atoms with Gasteiger partial charge in [0.1, 0.15) is 0 Å². The zero-order valence-corrected chi connectivity index (χ0v) is 10.7. The van der Waals surface area contributed by atoms with Crippen molar-refractivity contribution in [1.82, 2.24) is 4.90 Å². The molecule has 1 aliphatic carbocycles. The van der Waals surface area contributed by atoms with Gasteiger partial charge in [-0.2, -0.15) is 0 Å². The third-order valence-corrected chi connectivity index (χ3v) is 4.42. The Kier molecular flexibility index (Phi) is 4.51. The first-order chi connectivity index (χ1) is 7.81. The van der Waals surface area contributed by atoms with E-state index in [0.29, 0.717) is 23.7 Å². The molecule has 1 heterocycles. The van der Waals surface area contributed by atoms with Crippen molar-refractivity contribution in [2.75, 3.05) is 12.4 Å². The van der Waals surface area contributed by atoms with Crippen LogP contribution in [0, 0.1) is 5.92 Å². The van der Waals surface area contributed by atoms with E-state index in [1.54, 1.807) is 0 Å². The molecule has 1 atom stereocenters. The van der Waals surface area contributed by atoms with Gasteiger partial charge in [0.25, 0.3) is 0 Å². The van der Waals surface area contributed by atoms with E-state index in [9.17, 15) is 4.79 Å². The number of hydrogen-bond donors (Lipinski definition) is 0. The number of nitrogens with zero attached hydrogens (tertiary/aromatic N) is 1. The maximum atomic E-state index is 12.2. The Bertz CT molecular complexity index is 240. The van der Waals surface area contributed by atoms with Gasteiger partial charge in [0, 0.05) is 24.9 Å². The second-order valence-corrected chi connectivity index (χ2v) is 5.55. The van der Waals surface area contributed by atoms with Gasteiger partial charge < -0.3 is 4.90 Å². The summed E-state index contributed by atoms with van der Waals surface area (Å²) in [7, 11) is 0. The van der Waals surface area contributed by atoms with Crippen molar-refractivity contribution >= 4 is 17.5 Å². The maximum Gasteiger partial charge on any atom is 0.223 e. The van der Waals surface area contributed by atoms with Crippen molar-refractivity contribution < 1.29 is 4.79 Å². The predicted octanol–water partition coefficient (Wildman–Crippen LogP) is 3.19. The minimum Gasteiger partial charge on any atom is -0.339 e. The second kappa shape index (κ2) is 5.90. The average molecular weight is 244 g/mol. The van der Waals surface area contributed by atoms with Gasteiger partial charge in [0.05, 0.1) is 0 Å². The van der Waals surface area contributed by atoms with Gasteiger partial charge in [-0.05, 0) is 31.6 Å². The first-order valence-corrected chi connectivity index (χ1v) is 7.20. The molecule has 0 radical (unpaired) electrons. The zero-order chi connectivity index (χ0) is 11.4.